The number of unbranched alkanes of at least 4 members (excludes halogenated alkanes) is 18. The van der Waals surface area contributed by atoms with Crippen LogP contribution >= 0.6 is 0 Å². The van der Waals surface area contributed by atoms with Gasteiger partial charge in [-0.3, -0.25) is 0 Å². The van der Waals surface area contributed by atoms with E-state index in [1.807, 2.05) is 6.07 Å². The van der Waals surface area contributed by atoms with Gasteiger partial charge in [0.1, 0.15) is 0 Å². The minimum absolute atomic E-state index is 0.282. The molecule has 0 aromatic heterocycles. The van der Waals surface area contributed by atoms with E-state index in [-0.39, 0.29) is 6.29 Å². The summed E-state index contributed by atoms with van der Waals surface area (Å²) in [7, 11) is 0. The highest BCUT2D eigenvalue weighted by Crippen LogP contribution is 2.34. The Morgan fingerprint density at radius 3 is 1.41 bits per heavy atom. The van der Waals surface area contributed by atoms with Crippen LogP contribution in [0.2, 0.25) is 0 Å². The number of hydrogen-bond donors (Lipinski definition) is 0. The molecule has 2 rings (SSSR count). The Bertz CT molecular complexity index is 641. The van der Waals surface area contributed by atoms with Crippen LogP contribution in [0.4, 0.5) is 0 Å². The zero-order chi connectivity index (χ0) is 26.2. The Kier molecular flexibility index (Phi) is 19.6. The number of rotatable bonds is 25. The van der Waals surface area contributed by atoms with Gasteiger partial charge in [-0.15, -0.1) is 0 Å². The van der Waals surface area contributed by atoms with Crippen molar-refractivity contribution in [2.45, 2.75) is 149 Å². The fraction of sp³-hybridized carbons (Fsp3) is 0.818. The Hall–Kier alpha value is -1.26. The monoisotopic (exact) mass is 518 g/mol. The molecule has 0 atom stereocenters. The second-order valence-electron chi connectivity index (χ2n) is 10.8. The molecular weight excluding hydrogens is 460 g/mol. The molecule has 1 heterocycles. The van der Waals surface area contributed by atoms with Crippen LogP contribution in [0.1, 0.15) is 154 Å². The van der Waals surface area contributed by atoms with Crippen LogP contribution in [0.5, 0.6) is 11.5 Å². The van der Waals surface area contributed by atoms with Crippen LogP contribution in [-0.2, 0) is 9.47 Å². The zero-order valence-corrected chi connectivity index (χ0v) is 24.4. The van der Waals surface area contributed by atoms with Gasteiger partial charge in [0.2, 0.25) is 0 Å². The summed E-state index contributed by atoms with van der Waals surface area (Å²) in [6, 6.07) is 6.14. The standard InChI is InChI=1S/C33H58O4/c1-3-5-7-9-11-13-15-17-19-21-25-34-31-24-23-30(33-36-27-28-37-33)29-32(31)35-26-22-20-18-16-14-12-10-8-6-4-2/h23-24,29,33H,3-22,25-28H2,1-2H3. The van der Waals surface area contributed by atoms with Crippen LogP contribution in [0.3, 0.4) is 0 Å². The molecule has 1 aromatic carbocycles. The smallest absolute Gasteiger partial charge is 0.184 e. The fourth-order valence-electron chi connectivity index (χ4n) is 5.00. The van der Waals surface area contributed by atoms with E-state index < -0.39 is 0 Å². The molecule has 0 amide bonds. The van der Waals surface area contributed by atoms with Crippen molar-refractivity contribution < 1.29 is 18.9 Å². The van der Waals surface area contributed by atoms with Gasteiger partial charge in [0.05, 0.1) is 26.4 Å². The summed E-state index contributed by atoms with van der Waals surface area (Å²) >= 11 is 0. The van der Waals surface area contributed by atoms with E-state index in [9.17, 15) is 0 Å². The Morgan fingerprint density at radius 1 is 0.541 bits per heavy atom. The third-order valence-corrected chi connectivity index (χ3v) is 7.37. The van der Waals surface area contributed by atoms with Gasteiger partial charge >= 0.3 is 0 Å². The zero-order valence-electron chi connectivity index (χ0n) is 24.4. The maximum atomic E-state index is 6.22. The Morgan fingerprint density at radius 2 is 0.946 bits per heavy atom. The number of benzene rings is 1. The highest BCUT2D eigenvalue weighted by molar-refractivity contribution is 5.43. The lowest BCUT2D eigenvalue weighted by Gasteiger charge is -2.16. The molecule has 0 saturated carbocycles. The molecule has 37 heavy (non-hydrogen) atoms. The largest absolute Gasteiger partial charge is 0.490 e. The lowest BCUT2D eigenvalue weighted by Crippen LogP contribution is -2.05. The molecule has 0 aliphatic carbocycles. The molecular formula is C33H58O4. The predicted molar refractivity (Wildman–Crippen MR) is 156 cm³/mol. The average Bonchev–Trinajstić information content (AvgIpc) is 3.46. The van der Waals surface area contributed by atoms with E-state index in [0.717, 1.165) is 43.1 Å². The summed E-state index contributed by atoms with van der Waals surface area (Å²) in [6.07, 6.45) is 26.4. The summed E-state index contributed by atoms with van der Waals surface area (Å²) in [5.41, 5.74) is 1.02. The topological polar surface area (TPSA) is 36.9 Å². The molecule has 1 saturated heterocycles. The second kappa shape index (κ2) is 22.7. The first-order chi connectivity index (χ1) is 18.3. The van der Waals surface area contributed by atoms with Crippen LogP contribution < -0.4 is 9.47 Å². The summed E-state index contributed by atoms with van der Waals surface area (Å²) in [4.78, 5) is 0. The third kappa shape index (κ3) is 15.7. The maximum Gasteiger partial charge on any atom is 0.184 e. The van der Waals surface area contributed by atoms with Crippen molar-refractivity contribution in [1.29, 1.82) is 0 Å². The molecule has 1 fully saturated rings. The van der Waals surface area contributed by atoms with E-state index in [1.54, 1.807) is 0 Å². The highest BCUT2D eigenvalue weighted by Gasteiger charge is 2.20. The lowest BCUT2D eigenvalue weighted by atomic mass is 10.1. The molecule has 4 heteroatoms. The van der Waals surface area contributed by atoms with Crippen molar-refractivity contribution >= 4 is 0 Å². The summed E-state index contributed by atoms with van der Waals surface area (Å²) in [6.45, 7) is 7.35. The fourth-order valence-corrected chi connectivity index (χ4v) is 5.00. The summed E-state index contributed by atoms with van der Waals surface area (Å²) < 4.78 is 23.8. The van der Waals surface area contributed by atoms with Crippen molar-refractivity contribution in [3.05, 3.63) is 23.8 Å². The van der Waals surface area contributed by atoms with Crippen molar-refractivity contribution in [3.63, 3.8) is 0 Å². The summed E-state index contributed by atoms with van der Waals surface area (Å²) in [5, 5.41) is 0. The maximum absolute atomic E-state index is 6.22. The molecule has 0 N–H and O–H groups in total. The van der Waals surface area contributed by atoms with E-state index in [4.69, 9.17) is 18.9 Å². The molecule has 0 radical (unpaired) electrons. The molecule has 0 unspecified atom stereocenters. The van der Waals surface area contributed by atoms with E-state index in [2.05, 4.69) is 26.0 Å². The van der Waals surface area contributed by atoms with Crippen LogP contribution in [-0.4, -0.2) is 26.4 Å². The van der Waals surface area contributed by atoms with Gasteiger partial charge in [0, 0.05) is 5.56 Å². The first kappa shape index (κ1) is 32.0. The molecule has 214 valence electrons. The third-order valence-electron chi connectivity index (χ3n) is 7.37. The predicted octanol–water partition coefficient (Wildman–Crippen LogP) is 10.3. The average molecular weight is 519 g/mol. The number of hydrogen-bond acceptors (Lipinski definition) is 4. The quantitative estimate of drug-likeness (QED) is 0.121. The minimum Gasteiger partial charge on any atom is -0.490 e. The molecule has 1 aliphatic heterocycles. The van der Waals surface area contributed by atoms with E-state index in [1.165, 1.54) is 116 Å². The van der Waals surface area contributed by atoms with Crippen molar-refractivity contribution in [3.8, 4) is 11.5 Å². The minimum atomic E-state index is -0.282. The van der Waals surface area contributed by atoms with Gasteiger partial charge in [0.25, 0.3) is 0 Å². The van der Waals surface area contributed by atoms with E-state index in [0.29, 0.717) is 13.2 Å². The Labute approximate surface area is 229 Å². The first-order valence-electron chi connectivity index (χ1n) is 16.0. The van der Waals surface area contributed by atoms with Crippen molar-refractivity contribution in [2.75, 3.05) is 26.4 Å². The van der Waals surface area contributed by atoms with Crippen LogP contribution in [0.25, 0.3) is 0 Å². The van der Waals surface area contributed by atoms with E-state index >= 15 is 0 Å². The normalized spacial score (nSPS) is 13.9. The van der Waals surface area contributed by atoms with Gasteiger partial charge in [-0.25, -0.2) is 0 Å². The number of ether oxygens (including phenoxy) is 4. The molecule has 1 aromatic rings. The van der Waals surface area contributed by atoms with Crippen LogP contribution in [0.15, 0.2) is 18.2 Å². The highest BCUT2D eigenvalue weighted by atomic mass is 16.7. The summed E-state index contributed by atoms with van der Waals surface area (Å²) in [5.74, 6) is 1.68. The SMILES string of the molecule is CCCCCCCCCCCCOc1ccc(C2OCCO2)cc1OCCCCCCCCCCCC. The Balaban J connectivity index is 1.63. The molecule has 0 bridgehead atoms. The van der Waals surface area contributed by atoms with Gasteiger partial charge in [-0.05, 0) is 25.0 Å². The van der Waals surface area contributed by atoms with Crippen LogP contribution in [0, 0.1) is 0 Å². The first-order valence-corrected chi connectivity index (χ1v) is 16.0. The molecule has 1 aliphatic rings. The second-order valence-corrected chi connectivity index (χ2v) is 10.8. The lowest BCUT2D eigenvalue weighted by molar-refractivity contribution is -0.0442. The van der Waals surface area contributed by atoms with Gasteiger partial charge in [0.15, 0.2) is 17.8 Å². The van der Waals surface area contributed by atoms with Gasteiger partial charge < -0.3 is 18.9 Å². The van der Waals surface area contributed by atoms with Crippen molar-refractivity contribution in [1.82, 2.24) is 0 Å². The molecule has 4 nitrogen and oxygen atoms in total. The van der Waals surface area contributed by atoms with Gasteiger partial charge in [-0.2, -0.15) is 0 Å². The van der Waals surface area contributed by atoms with Crippen molar-refractivity contribution in [2.24, 2.45) is 0 Å². The van der Waals surface area contributed by atoms with Gasteiger partial charge in [-0.1, -0.05) is 135 Å². The molecule has 0 spiro atoms.